The molecule has 1 amide bonds. The molecule has 1 aromatic heterocycles. The van der Waals surface area contributed by atoms with Gasteiger partial charge in [-0.25, -0.2) is 9.82 Å². The number of amides is 1. The molecule has 0 saturated heterocycles. The van der Waals surface area contributed by atoms with E-state index < -0.39 is 5.91 Å². The third kappa shape index (κ3) is 4.90. The molecule has 6 nitrogen and oxygen atoms in total. The van der Waals surface area contributed by atoms with Gasteiger partial charge in [0, 0.05) is 10.9 Å². The number of ether oxygens (including phenoxy) is 2. The second-order valence-corrected chi connectivity index (χ2v) is 8.03. The number of hydrazone groups is 1. The predicted molar refractivity (Wildman–Crippen MR) is 137 cm³/mol. The summed E-state index contributed by atoms with van der Waals surface area (Å²) in [5, 5.41) is 7.01. The van der Waals surface area contributed by atoms with Crippen molar-refractivity contribution in [3.63, 3.8) is 0 Å². The molecule has 5 rings (SSSR count). The van der Waals surface area contributed by atoms with Crippen molar-refractivity contribution >= 4 is 33.9 Å². The van der Waals surface area contributed by atoms with Gasteiger partial charge in [-0.2, -0.15) is 5.10 Å². The first-order valence-corrected chi connectivity index (χ1v) is 11.5. The number of carbonyl (C=O) groups is 1. The topological polar surface area (TPSA) is 73.1 Å². The van der Waals surface area contributed by atoms with Crippen LogP contribution in [0.25, 0.3) is 21.7 Å². The summed E-state index contributed by atoms with van der Waals surface area (Å²) < 4.78 is 31.1. The fraction of sp³-hybridized carbons (Fsp3) is 0.103. The lowest BCUT2D eigenvalue weighted by Crippen LogP contribution is -2.16. The summed E-state index contributed by atoms with van der Waals surface area (Å²) in [7, 11) is 0. The molecular formula is C29H23FN2O4. The summed E-state index contributed by atoms with van der Waals surface area (Å²) in [5.41, 5.74) is 4.27. The van der Waals surface area contributed by atoms with Crippen LogP contribution in [0, 0.1) is 5.82 Å². The second-order valence-electron chi connectivity index (χ2n) is 8.03. The maximum absolute atomic E-state index is 13.9. The lowest BCUT2D eigenvalue weighted by molar-refractivity contribution is 0.0929. The van der Waals surface area contributed by atoms with Crippen LogP contribution in [-0.2, 0) is 6.61 Å². The standard InChI is InChI=1S/C29H23FN2O4/c1-2-34-27-15-19(11-13-26(27)35-18-21-8-4-6-10-24(21)30)17-31-32-29(33)28-16-23-22-9-5-3-7-20(22)12-14-25(23)36-28/h3-17H,2,18H2,1H3,(H,32,33)/b31-17+. The molecule has 1 N–H and O–H groups in total. The van der Waals surface area contributed by atoms with E-state index in [1.165, 1.54) is 12.3 Å². The lowest BCUT2D eigenvalue weighted by atomic mass is 10.1. The molecule has 0 aliphatic carbocycles. The minimum atomic E-state index is -0.457. The van der Waals surface area contributed by atoms with Gasteiger partial charge >= 0.3 is 5.91 Å². The maximum Gasteiger partial charge on any atom is 0.307 e. The molecule has 180 valence electrons. The van der Waals surface area contributed by atoms with Gasteiger partial charge in [0.25, 0.3) is 0 Å². The molecular weight excluding hydrogens is 459 g/mol. The zero-order valence-corrected chi connectivity index (χ0v) is 19.5. The number of carbonyl (C=O) groups excluding carboxylic acids is 1. The third-order valence-electron chi connectivity index (χ3n) is 5.64. The Morgan fingerprint density at radius 1 is 0.944 bits per heavy atom. The van der Waals surface area contributed by atoms with E-state index in [1.807, 2.05) is 43.3 Å². The number of halogens is 1. The lowest BCUT2D eigenvalue weighted by Gasteiger charge is -2.13. The summed E-state index contributed by atoms with van der Waals surface area (Å²) in [6.07, 6.45) is 1.50. The predicted octanol–water partition coefficient (Wildman–Crippen LogP) is 6.47. The van der Waals surface area contributed by atoms with Gasteiger partial charge in [0.1, 0.15) is 18.0 Å². The Hall–Kier alpha value is -4.65. The van der Waals surface area contributed by atoms with Crippen LogP contribution in [0.5, 0.6) is 11.5 Å². The largest absolute Gasteiger partial charge is 0.490 e. The van der Waals surface area contributed by atoms with Gasteiger partial charge in [0.05, 0.1) is 12.8 Å². The Balaban J connectivity index is 1.28. The van der Waals surface area contributed by atoms with E-state index in [9.17, 15) is 9.18 Å². The molecule has 0 radical (unpaired) electrons. The minimum absolute atomic E-state index is 0.0724. The van der Waals surface area contributed by atoms with Crippen LogP contribution in [0.1, 0.15) is 28.6 Å². The Morgan fingerprint density at radius 2 is 1.78 bits per heavy atom. The van der Waals surface area contributed by atoms with Gasteiger partial charge < -0.3 is 13.9 Å². The van der Waals surface area contributed by atoms with E-state index in [-0.39, 0.29) is 18.2 Å². The molecule has 0 aliphatic heterocycles. The number of hydrogen-bond donors (Lipinski definition) is 1. The zero-order valence-electron chi connectivity index (χ0n) is 19.5. The highest BCUT2D eigenvalue weighted by Crippen LogP contribution is 2.30. The van der Waals surface area contributed by atoms with Gasteiger partial charge in [-0.05, 0) is 59.7 Å². The molecule has 0 spiro atoms. The van der Waals surface area contributed by atoms with Crippen LogP contribution in [0.3, 0.4) is 0 Å². The van der Waals surface area contributed by atoms with Crippen molar-refractivity contribution in [1.82, 2.24) is 5.43 Å². The fourth-order valence-electron chi connectivity index (χ4n) is 3.89. The van der Waals surface area contributed by atoms with Gasteiger partial charge in [-0.3, -0.25) is 4.79 Å². The summed E-state index contributed by atoms with van der Waals surface area (Å²) in [5.74, 6) is 0.364. The number of nitrogens with zero attached hydrogens (tertiary/aromatic N) is 1. The van der Waals surface area contributed by atoms with Crippen molar-refractivity contribution in [2.75, 3.05) is 6.61 Å². The number of furan rings is 1. The van der Waals surface area contributed by atoms with E-state index in [0.29, 0.717) is 34.8 Å². The van der Waals surface area contributed by atoms with Gasteiger partial charge in [0.15, 0.2) is 17.3 Å². The van der Waals surface area contributed by atoms with Crippen LogP contribution < -0.4 is 14.9 Å². The van der Waals surface area contributed by atoms with E-state index in [0.717, 1.165) is 16.2 Å². The van der Waals surface area contributed by atoms with Gasteiger partial charge in [-0.1, -0.05) is 48.5 Å². The summed E-state index contributed by atoms with van der Waals surface area (Å²) >= 11 is 0. The van der Waals surface area contributed by atoms with Crippen LogP contribution >= 0.6 is 0 Å². The van der Waals surface area contributed by atoms with Crippen molar-refractivity contribution in [2.45, 2.75) is 13.5 Å². The van der Waals surface area contributed by atoms with Gasteiger partial charge in [0.2, 0.25) is 0 Å². The van der Waals surface area contributed by atoms with Crippen LogP contribution in [0.15, 0.2) is 94.4 Å². The quantitative estimate of drug-likeness (QED) is 0.203. The third-order valence-corrected chi connectivity index (χ3v) is 5.64. The van der Waals surface area contributed by atoms with Crippen molar-refractivity contribution in [3.05, 3.63) is 108 Å². The minimum Gasteiger partial charge on any atom is -0.490 e. The number of hydrogen-bond acceptors (Lipinski definition) is 5. The molecule has 36 heavy (non-hydrogen) atoms. The van der Waals surface area contributed by atoms with E-state index in [2.05, 4.69) is 10.5 Å². The highest BCUT2D eigenvalue weighted by atomic mass is 19.1. The first kappa shape index (κ1) is 23.1. The van der Waals surface area contributed by atoms with Crippen LogP contribution in [0.2, 0.25) is 0 Å². The van der Waals surface area contributed by atoms with E-state index in [1.54, 1.807) is 42.5 Å². The first-order chi connectivity index (χ1) is 17.6. The normalized spacial score (nSPS) is 11.3. The van der Waals surface area contributed by atoms with Crippen LogP contribution in [-0.4, -0.2) is 18.7 Å². The highest BCUT2D eigenvalue weighted by Gasteiger charge is 2.14. The van der Waals surface area contributed by atoms with Crippen molar-refractivity contribution in [1.29, 1.82) is 0 Å². The van der Waals surface area contributed by atoms with E-state index in [4.69, 9.17) is 13.9 Å². The van der Waals surface area contributed by atoms with Crippen molar-refractivity contribution in [3.8, 4) is 11.5 Å². The van der Waals surface area contributed by atoms with Crippen LogP contribution in [0.4, 0.5) is 4.39 Å². The van der Waals surface area contributed by atoms with E-state index >= 15 is 0 Å². The summed E-state index contributed by atoms with van der Waals surface area (Å²) in [4.78, 5) is 12.6. The molecule has 4 aromatic carbocycles. The number of fused-ring (bicyclic) bond motifs is 3. The zero-order chi connectivity index (χ0) is 24.9. The first-order valence-electron chi connectivity index (χ1n) is 11.5. The molecule has 0 bridgehead atoms. The molecule has 5 aromatic rings. The highest BCUT2D eigenvalue weighted by molar-refractivity contribution is 6.08. The average molecular weight is 483 g/mol. The Morgan fingerprint density at radius 3 is 2.64 bits per heavy atom. The number of rotatable bonds is 8. The Bertz CT molecular complexity index is 1570. The second kappa shape index (κ2) is 10.3. The Kier molecular flexibility index (Phi) is 6.62. The summed E-state index contributed by atoms with van der Waals surface area (Å²) in [6, 6.07) is 25.1. The van der Waals surface area contributed by atoms with Crippen molar-refractivity contribution < 1.29 is 23.1 Å². The summed E-state index contributed by atoms with van der Waals surface area (Å²) in [6.45, 7) is 2.36. The molecule has 0 aliphatic rings. The molecule has 1 heterocycles. The number of benzene rings is 4. The molecule has 0 unspecified atom stereocenters. The SMILES string of the molecule is CCOc1cc(/C=N/NC(=O)c2cc3c(ccc4ccccc43)o2)ccc1OCc1ccccc1F. The molecule has 0 atom stereocenters. The van der Waals surface area contributed by atoms with Crippen molar-refractivity contribution in [2.24, 2.45) is 5.10 Å². The fourth-order valence-corrected chi connectivity index (χ4v) is 3.89. The monoisotopic (exact) mass is 482 g/mol. The number of nitrogens with one attached hydrogen (secondary N) is 1. The molecule has 7 heteroatoms. The van der Waals surface area contributed by atoms with Gasteiger partial charge in [-0.15, -0.1) is 0 Å². The maximum atomic E-state index is 13.9. The smallest absolute Gasteiger partial charge is 0.307 e. The average Bonchev–Trinajstić information content (AvgIpc) is 3.34. The Labute approximate surface area is 206 Å². The molecule has 0 saturated carbocycles. The molecule has 0 fully saturated rings.